The number of anilines is 2. The molecule has 10 nitrogen and oxygen atoms in total. The van der Waals surface area contributed by atoms with Crippen molar-refractivity contribution in [1.82, 2.24) is 10.6 Å². The zero-order valence-corrected chi connectivity index (χ0v) is 33.7. The molecule has 0 aliphatic carbocycles. The number of aryl methyl sites for hydroxylation is 2. The third-order valence-electron chi connectivity index (χ3n) is 9.37. The average molecular weight is 791 g/mol. The zero-order valence-electron chi connectivity index (χ0n) is 33.7. The Bertz CT molecular complexity index is 2320. The van der Waals surface area contributed by atoms with Gasteiger partial charge in [-0.15, -0.1) is 0 Å². The number of ether oxygens (including phenoxy) is 2. The van der Waals surface area contributed by atoms with Gasteiger partial charge in [0.2, 0.25) is 11.8 Å². The molecule has 0 radical (unpaired) electrons. The van der Waals surface area contributed by atoms with Gasteiger partial charge in [0.25, 0.3) is 11.8 Å². The predicted octanol–water partition coefficient (Wildman–Crippen LogP) is 8.36. The molecule has 0 saturated carbocycles. The lowest BCUT2D eigenvalue weighted by atomic mass is 10.0. The number of amides is 4. The van der Waals surface area contributed by atoms with E-state index in [9.17, 15) is 19.2 Å². The Hall–Kier alpha value is -7.20. The summed E-state index contributed by atoms with van der Waals surface area (Å²) in [6.07, 6.45) is 0.759. The highest BCUT2D eigenvalue weighted by molar-refractivity contribution is 6.03. The van der Waals surface area contributed by atoms with Gasteiger partial charge in [-0.2, -0.15) is 0 Å². The Morgan fingerprint density at radius 3 is 1.53 bits per heavy atom. The SMILES string of the molecule is CCOc1cccc(C(=O)NC(Cc2ccccc2)C(=O)Nc2ccccc2C)c1.COc1ccccc1C(=O)NC(Cc1ccccc1)C(=O)Nc1ccccc1C. The summed E-state index contributed by atoms with van der Waals surface area (Å²) in [5.74, 6) is -0.133. The van der Waals surface area contributed by atoms with Crippen molar-refractivity contribution >= 4 is 35.0 Å². The van der Waals surface area contributed by atoms with Crippen LogP contribution in [-0.2, 0) is 22.4 Å². The first-order valence-corrected chi connectivity index (χ1v) is 19.4. The van der Waals surface area contributed by atoms with Crippen LogP contribution in [0.4, 0.5) is 11.4 Å². The molecule has 0 aliphatic heterocycles. The van der Waals surface area contributed by atoms with Gasteiger partial charge < -0.3 is 30.7 Å². The molecule has 302 valence electrons. The van der Waals surface area contributed by atoms with Crippen molar-refractivity contribution < 1.29 is 28.7 Å². The average Bonchev–Trinajstić information content (AvgIpc) is 3.26. The van der Waals surface area contributed by atoms with Crippen molar-refractivity contribution in [2.75, 3.05) is 24.4 Å². The normalized spacial score (nSPS) is 11.4. The molecule has 0 aromatic heterocycles. The lowest BCUT2D eigenvalue weighted by molar-refractivity contribution is -0.118. The maximum absolute atomic E-state index is 13.1. The molecular weight excluding hydrogens is 741 g/mol. The van der Waals surface area contributed by atoms with Gasteiger partial charge in [-0.25, -0.2) is 0 Å². The lowest BCUT2D eigenvalue weighted by Gasteiger charge is -2.20. The fourth-order valence-corrected chi connectivity index (χ4v) is 6.19. The molecule has 2 unspecified atom stereocenters. The second-order valence-electron chi connectivity index (χ2n) is 13.7. The number of nitrogens with one attached hydrogen (secondary N) is 4. The maximum atomic E-state index is 13.1. The molecule has 0 saturated heterocycles. The third kappa shape index (κ3) is 12.9. The monoisotopic (exact) mass is 790 g/mol. The number of benzene rings is 6. The summed E-state index contributed by atoms with van der Waals surface area (Å²) in [6.45, 7) is 6.26. The van der Waals surface area contributed by atoms with E-state index in [0.29, 0.717) is 42.1 Å². The fraction of sp³-hybridized carbons (Fsp3) is 0.184. The molecule has 2 atom stereocenters. The highest BCUT2D eigenvalue weighted by Gasteiger charge is 2.25. The van der Waals surface area contributed by atoms with Crippen LogP contribution in [0.2, 0.25) is 0 Å². The van der Waals surface area contributed by atoms with Crippen LogP contribution in [-0.4, -0.2) is 49.4 Å². The van der Waals surface area contributed by atoms with Crippen LogP contribution in [0, 0.1) is 13.8 Å². The number of hydrogen-bond donors (Lipinski definition) is 4. The summed E-state index contributed by atoms with van der Waals surface area (Å²) in [6, 6.07) is 46.8. The molecule has 4 amide bonds. The molecule has 10 heteroatoms. The standard InChI is InChI=1S/C25H26N2O3.C24H24N2O3/c1-3-30-21-14-9-13-20(17-21)24(28)27-23(16-19-11-5-4-6-12-19)25(29)26-22-15-8-7-10-18(22)2;1-17-10-6-8-14-20(17)25-24(28)21(16-18-11-4-3-5-12-18)26-23(27)19-13-7-9-15-22(19)29-2/h4-15,17,23H,3,16H2,1-2H3,(H,26,29)(H,27,28);3-15,21H,16H2,1-2H3,(H,25,28)(H,26,27). The topological polar surface area (TPSA) is 135 Å². The Morgan fingerprint density at radius 2 is 1.02 bits per heavy atom. The van der Waals surface area contributed by atoms with Crippen LogP contribution in [0.3, 0.4) is 0 Å². The predicted molar refractivity (Wildman–Crippen MR) is 233 cm³/mol. The van der Waals surface area contributed by atoms with E-state index >= 15 is 0 Å². The summed E-state index contributed by atoms with van der Waals surface area (Å²) in [5.41, 5.74) is 6.12. The number of methoxy groups -OCH3 is 1. The molecule has 6 rings (SSSR count). The number of rotatable bonds is 15. The molecule has 6 aromatic carbocycles. The Morgan fingerprint density at radius 1 is 0.542 bits per heavy atom. The fourth-order valence-electron chi connectivity index (χ4n) is 6.19. The van der Waals surface area contributed by atoms with Crippen LogP contribution >= 0.6 is 0 Å². The minimum Gasteiger partial charge on any atom is -0.496 e. The Labute approximate surface area is 346 Å². The van der Waals surface area contributed by atoms with Gasteiger partial charge in [-0.3, -0.25) is 19.2 Å². The maximum Gasteiger partial charge on any atom is 0.255 e. The molecule has 0 spiro atoms. The minimum absolute atomic E-state index is 0.262. The van der Waals surface area contributed by atoms with E-state index < -0.39 is 12.1 Å². The first-order chi connectivity index (χ1) is 28.6. The van der Waals surface area contributed by atoms with Crippen LogP contribution in [0.1, 0.15) is 49.9 Å². The molecule has 59 heavy (non-hydrogen) atoms. The van der Waals surface area contributed by atoms with Crippen molar-refractivity contribution in [2.45, 2.75) is 45.7 Å². The van der Waals surface area contributed by atoms with Gasteiger partial charge in [0, 0.05) is 29.8 Å². The van der Waals surface area contributed by atoms with Gasteiger partial charge in [0.05, 0.1) is 19.3 Å². The van der Waals surface area contributed by atoms with Gasteiger partial charge >= 0.3 is 0 Å². The van der Waals surface area contributed by atoms with Crippen molar-refractivity contribution in [1.29, 1.82) is 0 Å². The lowest BCUT2D eigenvalue weighted by Crippen LogP contribution is -2.45. The van der Waals surface area contributed by atoms with Crippen molar-refractivity contribution in [2.24, 2.45) is 0 Å². The van der Waals surface area contributed by atoms with Gasteiger partial charge in [-0.1, -0.05) is 115 Å². The van der Waals surface area contributed by atoms with Gasteiger partial charge in [0.1, 0.15) is 23.6 Å². The molecular formula is C49H50N4O6. The molecule has 6 aromatic rings. The van der Waals surface area contributed by atoms with E-state index in [1.807, 2.05) is 130 Å². The molecule has 0 heterocycles. The van der Waals surface area contributed by atoms with Crippen LogP contribution in [0.25, 0.3) is 0 Å². The Kier molecular flexibility index (Phi) is 16.0. The van der Waals surface area contributed by atoms with Crippen molar-refractivity contribution in [3.8, 4) is 11.5 Å². The smallest absolute Gasteiger partial charge is 0.255 e. The largest absolute Gasteiger partial charge is 0.496 e. The van der Waals surface area contributed by atoms with Crippen molar-refractivity contribution in [3.05, 3.63) is 191 Å². The first kappa shape index (κ1) is 42.9. The van der Waals surface area contributed by atoms with E-state index in [2.05, 4.69) is 21.3 Å². The minimum atomic E-state index is -0.741. The summed E-state index contributed by atoms with van der Waals surface area (Å²) < 4.78 is 10.8. The third-order valence-corrected chi connectivity index (χ3v) is 9.37. The second-order valence-corrected chi connectivity index (χ2v) is 13.7. The van der Waals surface area contributed by atoms with Crippen molar-refractivity contribution in [3.63, 3.8) is 0 Å². The van der Waals surface area contributed by atoms with E-state index in [1.165, 1.54) is 7.11 Å². The first-order valence-electron chi connectivity index (χ1n) is 19.4. The molecule has 0 fully saturated rings. The summed E-state index contributed by atoms with van der Waals surface area (Å²) in [7, 11) is 1.51. The zero-order chi connectivity index (χ0) is 42.0. The number of hydrogen-bond acceptors (Lipinski definition) is 6. The second kappa shape index (κ2) is 21.9. The van der Waals surface area contributed by atoms with Crippen LogP contribution < -0.4 is 30.7 Å². The van der Waals surface area contributed by atoms with Gasteiger partial charge in [-0.05, 0) is 85.5 Å². The van der Waals surface area contributed by atoms with Gasteiger partial charge in [0.15, 0.2) is 0 Å². The molecule has 4 N–H and O–H groups in total. The van der Waals surface area contributed by atoms with E-state index in [-0.39, 0.29) is 23.6 Å². The summed E-state index contributed by atoms with van der Waals surface area (Å²) >= 11 is 0. The summed E-state index contributed by atoms with van der Waals surface area (Å²) in [4.78, 5) is 51.8. The number of carbonyl (C=O) groups excluding carboxylic acids is 4. The highest BCUT2D eigenvalue weighted by Crippen LogP contribution is 2.20. The molecule has 0 bridgehead atoms. The Balaban J connectivity index is 0.000000224. The number of carbonyl (C=O) groups is 4. The number of para-hydroxylation sites is 3. The van der Waals surface area contributed by atoms with E-state index in [1.54, 1.807) is 48.5 Å². The highest BCUT2D eigenvalue weighted by atomic mass is 16.5. The summed E-state index contributed by atoms with van der Waals surface area (Å²) in [5, 5.41) is 11.6. The molecule has 0 aliphatic rings. The van der Waals surface area contributed by atoms with Crippen LogP contribution in [0.15, 0.2) is 158 Å². The van der Waals surface area contributed by atoms with E-state index in [4.69, 9.17) is 9.47 Å². The quantitative estimate of drug-likeness (QED) is 0.0827. The van der Waals surface area contributed by atoms with E-state index in [0.717, 1.165) is 33.6 Å². The van der Waals surface area contributed by atoms with Crippen LogP contribution in [0.5, 0.6) is 11.5 Å².